The summed E-state index contributed by atoms with van der Waals surface area (Å²) in [5.74, 6) is -2.18. The Labute approximate surface area is 202 Å². The molecule has 7 nitrogen and oxygen atoms in total. The zero-order valence-corrected chi connectivity index (χ0v) is 21.0. The first-order chi connectivity index (χ1) is 15.8. The predicted octanol–water partition coefficient (Wildman–Crippen LogP) is 3.91. The lowest BCUT2D eigenvalue weighted by Crippen LogP contribution is -2.37. The van der Waals surface area contributed by atoms with Crippen molar-refractivity contribution in [1.29, 1.82) is 0 Å². The van der Waals surface area contributed by atoms with Crippen molar-refractivity contribution in [3.05, 3.63) is 71.8 Å². The van der Waals surface area contributed by atoms with E-state index < -0.39 is 44.6 Å². The van der Waals surface area contributed by atoms with Gasteiger partial charge in [-0.2, -0.15) is 0 Å². The first-order valence-corrected chi connectivity index (χ1v) is 12.6. The van der Waals surface area contributed by atoms with Gasteiger partial charge in [-0.05, 0) is 24.0 Å². The van der Waals surface area contributed by atoms with Crippen molar-refractivity contribution in [3.8, 4) is 0 Å². The Bertz CT molecular complexity index is 1050. The molecule has 0 aliphatic rings. The van der Waals surface area contributed by atoms with Crippen LogP contribution >= 0.6 is 0 Å². The Balaban J connectivity index is 1.93. The Kier molecular flexibility index (Phi) is 9.41. The zero-order chi connectivity index (χ0) is 25.4. The number of esters is 2. The van der Waals surface area contributed by atoms with E-state index in [-0.39, 0.29) is 13.2 Å². The number of carbonyl (C=O) groups excluding carboxylic acids is 2. The van der Waals surface area contributed by atoms with Crippen LogP contribution in [0.1, 0.15) is 45.2 Å². The number of hydrogen-bond acceptors (Lipinski definition) is 7. The molecule has 1 unspecified atom stereocenters. The molecule has 1 atom stereocenters. The summed E-state index contributed by atoms with van der Waals surface area (Å²) in [6, 6.07) is 19.2. The molecule has 0 heterocycles. The molecule has 0 amide bonds. The van der Waals surface area contributed by atoms with Gasteiger partial charge in [0.05, 0.1) is 19.6 Å². The van der Waals surface area contributed by atoms with Gasteiger partial charge in [0.2, 0.25) is 0 Å². The molecule has 0 saturated heterocycles. The normalized spacial score (nSPS) is 13.2. The topological polar surface area (TPSA) is 110 Å². The second kappa shape index (κ2) is 11.6. The van der Waals surface area contributed by atoms with Gasteiger partial charge in [0, 0.05) is 10.8 Å². The summed E-state index contributed by atoms with van der Waals surface area (Å²) in [6.45, 7) is 7.42. The molecule has 0 aliphatic carbocycles. The van der Waals surface area contributed by atoms with Crippen LogP contribution in [-0.2, 0) is 42.0 Å². The van der Waals surface area contributed by atoms with E-state index >= 15 is 0 Å². The zero-order valence-electron chi connectivity index (χ0n) is 20.2. The number of carbonyl (C=O) groups is 2. The van der Waals surface area contributed by atoms with E-state index in [4.69, 9.17) is 9.47 Å². The first-order valence-electron chi connectivity index (χ1n) is 11.1. The lowest BCUT2D eigenvalue weighted by molar-refractivity contribution is -0.153. The van der Waals surface area contributed by atoms with Crippen molar-refractivity contribution in [1.82, 2.24) is 0 Å². The molecule has 0 aromatic heterocycles. The quantitative estimate of drug-likeness (QED) is 0.328. The third-order valence-electron chi connectivity index (χ3n) is 5.24. The molecule has 0 radical (unpaired) electrons. The monoisotopic (exact) mass is 489 g/mol. The van der Waals surface area contributed by atoms with Gasteiger partial charge in [-0.3, -0.25) is 9.59 Å². The van der Waals surface area contributed by atoms with Gasteiger partial charge in [-0.1, -0.05) is 88.4 Å². The highest BCUT2D eigenvalue weighted by molar-refractivity contribution is 7.87. The molecular weight excluding hydrogens is 456 g/mol. The van der Waals surface area contributed by atoms with Crippen LogP contribution in [0.5, 0.6) is 0 Å². The number of rotatable bonds is 12. The summed E-state index contributed by atoms with van der Waals surface area (Å²) >= 11 is 0. The van der Waals surface area contributed by atoms with Gasteiger partial charge in [0.1, 0.15) is 10.1 Å². The number of benzene rings is 2. The van der Waals surface area contributed by atoms with E-state index in [0.717, 1.165) is 11.1 Å². The molecule has 2 aromatic rings. The fraction of sp³-hybridized carbons (Fsp3) is 0.462. The van der Waals surface area contributed by atoms with Crippen molar-refractivity contribution in [3.63, 3.8) is 0 Å². The lowest BCUT2D eigenvalue weighted by atomic mass is 9.86. The van der Waals surface area contributed by atoms with Gasteiger partial charge in [0.25, 0.3) is 0 Å². The Morgan fingerprint density at radius 2 is 1.21 bits per heavy atom. The molecule has 186 valence electrons. The largest absolute Gasteiger partial charge is 0.747 e. The molecule has 2 aromatic carbocycles. The highest BCUT2D eigenvalue weighted by atomic mass is 32.2. The van der Waals surface area contributed by atoms with Crippen LogP contribution in [0, 0.1) is 10.8 Å². The minimum atomic E-state index is -5.11. The molecule has 0 bridgehead atoms. The highest BCUT2D eigenvalue weighted by Gasteiger charge is 2.33. The van der Waals surface area contributed by atoms with Gasteiger partial charge < -0.3 is 14.0 Å². The fourth-order valence-corrected chi connectivity index (χ4v) is 4.19. The van der Waals surface area contributed by atoms with E-state index in [1.807, 2.05) is 88.4 Å². The molecule has 0 fully saturated rings. The van der Waals surface area contributed by atoms with Crippen LogP contribution in [0.4, 0.5) is 0 Å². The second-order valence-corrected chi connectivity index (χ2v) is 11.7. The van der Waals surface area contributed by atoms with Gasteiger partial charge >= 0.3 is 11.9 Å². The van der Waals surface area contributed by atoms with Crippen LogP contribution in [0.25, 0.3) is 0 Å². The van der Waals surface area contributed by atoms with Crippen molar-refractivity contribution >= 4 is 22.1 Å². The van der Waals surface area contributed by atoms with E-state index in [1.54, 1.807) is 0 Å². The van der Waals surface area contributed by atoms with Crippen LogP contribution in [0.2, 0.25) is 0 Å². The molecule has 0 spiro atoms. The van der Waals surface area contributed by atoms with Crippen molar-refractivity contribution in [2.75, 3.05) is 13.2 Å². The van der Waals surface area contributed by atoms with Gasteiger partial charge in [-0.15, -0.1) is 0 Å². The summed E-state index contributed by atoms with van der Waals surface area (Å²) in [4.78, 5) is 24.8. The highest BCUT2D eigenvalue weighted by Crippen LogP contribution is 2.24. The summed E-state index contributed by atoms with van der Waals surface area (Å²) in [6.07, 6.45) is 0.322. The SMILES string of the molecule is CC(C)(COC(=O)CC(C(=O)OCC(C)(C)Cc1ccccc1)S(=O)(=O)[O-])Cc1ccccc1. The molecule has 0 aliphatic heterocycles. The van der Waals surface area contributed by atoms with E-state index in [9.17, 15) is 22.6 Å². The average molecular weight is 490 g/mol. The molecule has 2 rings (SSSR count). The molecule has 0 N–H and O–H groups in total. The standard InChI is InChI=1S/C26H34O7S/c1-25(2,16-20-11-7-5-8-12-20)18-32-23(27)15-22(34(29,30)31)24(28)33-19-26(3,4)17-21-13-9-6-10-14-21/h5-14,22H,15-19H2,1-4H3,(H,29,30,31)/p-1. The number of hydrogen-bond donors (Lipinski definition) is 0. The third kappa shape index (κ3) is 9.65. The summed E-state index contributed by atoms with van der Waals surface area (Å²) in [5.41, 5.74) is 1.16. The first kappa shape index (κ1) is 27.5. The Morgan fingerprint density at radius 3 is 1.62 bits per heavy atom. The van der Waals surface area contributed by atoms with Crippen molar-refractivity contribution in [2.24, 2.45) is 10.8 Å². The second-order valence-electron chi connectivity index (χ2n) is 10.1. The summed E-state index contributed by atoms with van der Waals surface area (Å²) < 4.78 is 45.5. The van der Waals surface area contributed by atoms with Crippen LogP contribution < -0.4 is 0 Å². The molecular formula is C26H33O7S-. The maximum atomic E-state index is 12.5. The van der Waals surface area contributed by atoms with Gasteiger partial charge in [-0.25, -0.2) is 8.42 Å². The molecule has 8 heteroatoms. The summed E-state index contributed by atoms with van der Waals surface area (Å²) in [7, 11) is -5.11. The maximum Gasteiger partial charge on any atom is 0.323 e. The lowest BCUT2D eigenvalue weighted by Gasteiger charge is -2.27. The molecule has 0 saturated carbocycles. The van der Waals surface area contributed by atoms with Crippen LogP contribution in [-0.4, -0.2) is 43.4 Å². The van der Waals surface area contributed by atoms with Crippen LogP contribution in [0.3, 0.4) is 0 Å². The van der Waals surface area contributed by atoms with Crippen molar-refractivity contribution < 1.29 is 32.0 Å². The van der Waals surface area contributed by atoms with E-state index in [2.05, 4.69) is 0 Å². The third-order valence-corrected chi connectivity index (χ3v) is 6.30. The van der Waals surface area contributed by atoms with Gasteiger partial charge in [0.15, 0.2) is 5.25 Å². The molecule has 34 heavy (non-hydrogen) atoms. The smallest absolute Gasteiger partial charge is 0.323 e. The fourth-order valence-electron chi connectivity index (χ4n) is 3.55. The predicted molar refractivity (Wildman–Crippen MR) is 128 cm³/mol. The van der Waals surface area contributed by atoms with E-state index in [1.165, 1.54) is 0 Å². The Morgan fingerprint density at radius 1 is 0.794 bits per heavy atom. The Hall–Kier alpha value is -2.71. The maximum absolute atomic E-state index is 12.5. The minimum Gasteiger partial charge on any atom is -0.747 e. The number of ether oxygens (including phenoxy) is 2. The van der Waals surface area contributed by atoms with Crippen LogP contribution in [0.15, 0.2) is 60.7 Å². The minimum absolute atomic E-state index is 0.00546. The average Bonchev–Trinajstić information content (AvgIpc) is 2.74. The van der Waals surface area contributed by atoms with Crippen molar-refractivity contribution in [2.45, 2.75) is 52.2 Å². The summed E-state index contributed by atoms with van der Waals surface area (Å²) in [5, 5.41) is -2.15. The van der Waals surface area contributed by atoms with E-state index in [0.29, 0.717) is 12.8 Å².